The number of aromatic nitrogens is 4. The molecule has 2 N–H and O–H groups in total. The molecule has 2 aliphatic rings. The molecule has 1 fully saturated rings. The van der Waals surface area contributed by atoms with E-state index < -0.39 is 0 Å². The zero-order valence-corrected chi connectivity index (χ0v) is 25.4. The normalized spacial score (nSPS) is 15.6. The summed E-state index contributed by atoms with van der Waals surface area (Å²) in [7, 11) is 2.13. The van der Waals surface area contributed by atoms with Gasteiger partial charge in [0.2, 0.25) is 16.9 Å². The Morgan fingerprint density at radius 1 is 0.953 bits per heavy atom. The molecule has 0 saturated carbocycles. The predicted octanol–water partition coefficient (Wildman–Crippen LogP) is 5.15. The third-order valence-electron chi connectivity index (χ3n) is 7.44. The number of nitrogens with zero attached hydrogens (tertiary/aromatic N) is 5. The Bertz CT molecular complexity index is 1430. The molecule has 5 rings (SSSR count). The van der Waals surface area contributed by atoms with Crippen LogP contribution in [0.2, 0.25) is 0 Å². The van der Waals surface area contributed by atoms with Gasteiger partial charge in [0.25, 0.3) is 0 Å². The summed E-state index contributed by atoms with van der Waals surface area (Å²) in [6.45, 7) is 2.08. The van der Waals surface area contributed by atoms with Crippen LogP contribution in [0.5, 0.6) is 5.75 Å². The average molecular weight is 602 g/mol. The van der Waals surface area contributed by atoms with Crippen LogP contribution in [0, 0.1) is 0 Å². The van der Waals surface area contributed by atoms with Gasteiger partial charge >= 0.3 is 0 Å². The van der Waals surface area contributed by atoms with Crippen LogP contribution in [-0.4, -0.2) is 63.4 Å². The van der Waals surface area contributed by atoms with E-state index in [0.717, 1.165) is 92.0 Å². The molecule has 1 aromatic carbocycles. The third kappa shape index (κ3) is 10.1. The van der Waals surface area contributed by atoms with Crippen molar-refractivity contribution in [1.29, 1.82) is 0 Å². The Kier molecular flexibility index (Phi) is 11.0. The minimum Gasteiger partial charge on any atom is -0.490 e. The van der Waals surface area contributed by atoms with E-state index in [1.54, 1.807) is 6.07 Å². The fourth-order valence-corrected chi connectivity index (χ4v) is 5.89. The van der Waals surface area contributed by atoms with Crippen LogP contribution >= 0.6 is 11.3 Å². The van der Waals surface area contributed by atoms with Crippen molar-refractivity contribution in [1.82, 2.24) is 25.3 Å². The number of benzene rings is 1. The Labute approximate surface area is 256 Å². The van der Waals surface area contributed by atoms with E-state index in [1.165, 1.54) is 11.3 Å². The largest absolute Gasteiger partial charge is 0.490 e. The first-order valence-electron chi connectivity index (χ1n) is 15.0. The van der Waals surface area contributed by atoms with Crippen molar-refractivity contribution in [2.45, 2.75) is 70.3 Å². The zero-order chi connectivity index (χ0) is 29.9. The van der Waals surface area contributed by atoms with Crippen molar-refractivity contribution in [2.24, 2.45) is 0 Å². The summed E-state index contributed by atoms with van der Waals surface area (Å²) in [6, 6.07) is 11.5. The molecule has 10 nitrogen and oxygen atoms in total. The molecular weight excluding hydrogens is 562 g/mol. The van der Waals surface area contributed by atoms with Gasteiger partial charge in [0.15, 0.2) is 5.82 Å². The highest BCUT2D eigenvalue weighted by Crippen LogP contribution is 2.22. The summed E-state index contributed by atoms with van der Waals surface area (Å²) in [6.07, 6.45) is 14.4. The van der Waals surface area contributed by atoms with Crippen molar-refractivity contribution in [2.75, 3.05) is 30.8 Å². The summed E-state index contributed by atoms with van der Waals surface area (Å²) in [4.78, 5) is 27.2. The molecule has 226 valence electrons. The number of piperidine rings is 1. The van der Waals surface area contributed by atoms with Crippen molar-refractivity contribution in [3.63, 3.8) is 0 Å². The quantitative estimate of drug-likeness (QED) is 0.258. The van der Waals surface area contributed by atoms with Crippen LogP contribution in [0.15, 0.2) is 60.2 Å². The molecule has 0 unspecified atom stereocenters. The number of ether oxygens (including phenoxy) is 1. The first-order chi connectivity index (χ1) is 21.0. The van der Waals surface area contributed by atoms with Crippen molar-refractivity contribution >= 4 is 34.1 Å². The highest BCUT2D eigenvalue weighted by Gasteiger charge is 2.18. The SMILES string of the molecule is CN1CCC(Oc2cccc(CC(=O)Nc3nnc(CCCCc4ccc(NC(=O)CC5=CCCC=C5)nn4)s3)c2)CC1. The molecule has 3 heterocycles. The molecule has 11 heteroatoms. The fourth-order valence-electron chi connectivity index (χ4n) is 5.09. The average Bonchev–Trinajstić information content (AvgIpc) is 3.45. The Hall–Kier alpha value is -3.96. The highest BCUT2D eigenvalue weighted by atomic mass is 32.1. The number of amides is 2. The van der Waals surface area contributed by atoms with Crippen molar-refractivity contribution in [3.05, 3.63) is 76.5 Å². The van der Waals surface area contributed by atoms with E-state index in [9.17, 15) is 9.59 Å². The van der Waals surface area contributed by atoms with Crippen molar-refractivity contribution in [3.8, 4) is 5.75 Å². The molecular formula is C32H39N7O3S. The molecule has 3 aromatic rings. The van der Waals surface area contributed by atoms with E-state index >= 15 is 0 Å². The van der Waals surface area contributed by atoms with Gasteiger partial charge in [-0.1, -0.05) is 41.7 Å². The van der Waals surface area contributed by atoms with E-state index in [1.807, 2.05) is 36.4 Å². The maximum Gasteiger partial charge on any atom is 0.230 e. The van der Waals surface area contributed by atoms with Gasteiger partial charge < -0.3 is 20.3 Å². The van der Waals surface area contributed by atoms with Crippen LogP contribution in [0.4, 0.5) is 10.9 Å². The molecule has 2 aromatic heterocycles. The number of likely N-dealkylation sites (tertiary alicyclic amines) is 1. The third-order valence-corrected chi connectivity index (χ3v) is 8.34. The van der Waals surface area contributed by atoms with Gasteiger partial charge in [0, 0.05) is 19.5 Å². The smallest absolute Gasteiger partial charge is 0.230 e. The fraction of sp³-hybridized carbons (Fsp3) is 0.438. The topological polar surface area (TPSA) is 122 Å². The molecule has 43 heavy (non-hydrogen) atoms. The van der Waals surface area contributed by atoms with E-state index in [4.69, 9.17) is 4.74 Å². The number of carbonyl (C=O) groups excluding carboxylic acids is 2. The summed E-state index contributed by atoms with van der Waals surface area (Å²) < 4.78 is 6.16. The van der Waals surface area contributed by atoms with Gasteiger partial charge in [-0.25, -0.2) is 0 Å². The number of allylic oxidation sites excluding steroid dienone is 3. The molecule has 0 bridgehead atoms. The van der Waals surface area contributed by atoms with Crippen molar-refractivity contribution < 1.29 is 14.3 Å². The second-order valence-electron chi connectivity index (χ2n) is 11.1. The second-order valence-corrected chi connectivity index (χ2v) is 12.2. The Morgan fingerprint density at radius 3 is 2.58 bits per heavy atom. The highest BCUT2D eigenvalue weighted by molar-refractivity contribution is 7.15. The van der Waals surface area contributed by atoms with Crippen LogP contribution in [-0.2, 0) is 28.9 Å². The molecule has 1 aliphatic heterocycles. The lowest BCUT2D eigenvalue weighted by molar-refractivity contribution is -0.116. The first-order valence-corrected chi connectivity index (χ1v) is 15.8. The van der Waals surface area contributed by atoms with Crippen LogP contribution in [0.25, 0.3) is 0 Å². The summed E-state index contributed by atoms with van der Waals surface area (Å²) in [5.41, 5.74) is 2.82. The number of anilines is 2. The van der Waals surface area contributed by atoms with Gasteiger partial charge in [-0.05, 0) is 87.4 Å². The van der Waals surface area contributed by atoms with Gasteiger partial charge in [-0.3, -0.25) is 9.59 Å². The lowest BCUT2D eigenvalue weighted by Gasteiger charge is -2.29. The monoisotopic (exact) mass is 601 g/mol. The number of aryl methyl sites for hydroxylation is 2. The van der Waals surface area contributed by atoms with Gasteiger partial charge in [0.05, 0.1) is 18.5 Å². The van der Waals surface area contributed by atoms with Gasteiger partial charge in [-0.2, -0.15) is 5.10 Å². The van der Waals surface area contributed by atoms with Gasteiger partial charge in [-0.15, -0.1) is 15.3 Å². The van der Waals surface area contributed by atoms with Crippen LogP contribution in [0.3, 0.4) is 0 Å². The summed E-state index contributed by atoms with van der Waals surface area (Å²) in [5, 5.41) is 23.9. The number of rotatable bonds is 13. The first kappa shape index (κ1) is 30.5. The number of carbonyl (C=O) groups is 2. The maximum absolute atomic E-state index is 12.7. The summed E-state index contributed by atoms with van der Waals surface area (Å²) >= 11 is 1.41. The van der Waals surface area contributed by atoms with Crippen LogP contribution < -0.4 is 15.4 Å². The molecule has 1 saturated heterocycles. The van der Waals surface area contributed by atoms with E-state index in [2.05, 4.69) is 55.1 Å². The number of hydrogen-bond donors (Lipinski definition) is 2. The maximum atomic E-state index is 12.7. The molecule has 0 spiro atoms. The number of nitrogens with one attached hydrogen (secondary N) is 2. The zero-order valence-electron chi connectivity index (χ0n) is 24.6. The minimum atomic E-state index is -0.125. The number of hydrogen-bond acceptors (Lipinski definition) is 9. The Balaban J connectivity index is 0.989. The summed E-state index contributed by atoms with van der Waals surface area (Å²) in [5.74, 6) is 1.06. The minimum absolute atomic E-state index is 0.0883. The predicted molar refractivity (Wildman–Crippen MR) is 168 cm³/mol. The number of unbranched alkanes of at least 4 members (excludes halogenated alkanes) is 1. The molecule has 0 radical (unpaired) electrons. The van der Waals surface area contributed by atoms with E-state index in [0.29, 0.717) is 17.4 Å². The standard InChI is InChI=1S/C32H39N7O3S/c1-39-18-16-26(17-19-39)42-27-12-7-10-24(20-27)22-30(41)34-32-38-37-31(43-32)13-6-5-11-25-14-15-28(36-35-25)33-29(40)21-23-8-3-2-4-9-23/h3,7-10,12,14-15,20,26H,2,4-6,11,13,16-19,21-22H2,1H3,(H,33,36,40)(H,34,38,41). The molecule has 0 atom stereocenters. The van der Waals surface area contributed by atoms with Crippen LogP contribution in [0.1, 0.15) is 61.2 Å². The second kappa shape index (κ2) is 15.5. The molecule has 1 aliphatic carbocycles. The van der Waals surface area contributed by atoms with Gasteiger partial charge in [0.1, 0.15) is 16.9 Å². The Morgan fingerprint density at radius 2 is 1.79 bits per heavy atom. The molecule has 2 amide bonds. The lowest BCUT2D eigenvalue weighted by Crippen LogP contribution is -2.35. The lowest BCUT2D eigenvalue weighted by atomic mass is 10.0. The van der Waals surface area contributed by atoms with E-state index in [-0.39, 0.29) is 24.3 Å².